The van der Waals surface area contributed by atoms with Crippen LogP contribution in [0.15, 0.2) is 77.7 Å². The van der Waals surface area contributed by atoms with Crippen molar-refractivity contribution < 1.29 is 14.5 Å². The minimum Gasteiger partial charge on any atom is -0.496 e. The van der Waals surface area contributed by atoms with Gasteiger partial charge in [-0.15, -0.1) is 11.8 Å². The number of nitro groups is 1. The van der Waals surface area contributed by atoms with E-state index in [9.17, 15) is 14.9 Å². The number of amides is 1. The number of para-hydroxylation sites is 1. The highest BCUT2D eigenvalue weighted by Crippen LogP contribution is 2.36. The van der Waals surface area contributed by atoms with E-state index in [0.717, 1.165) is 5.56 Å². The molecule has 0 aliphatic rings. The minimum absolute atomic E-state index is 0.0968. The SMILES string of the molecule is COc1cc(SCc2ccccc2)cc([N+](=O)[O-])c1C(=O)Nc1ccccc1. The molecule has 0 bridgehead atoms. The largest absolute Gasteiger partial charge is 0.496 e. The van der Waals surface area contributed by atoms with Crippen molar-refractivity contribution >= 4 is 29.0 Å². The van der Waals surface area contributed by atoms with Crippen LogP contribution in [0.5, 0.6) is 5.75 Å². The fraction of sp³-hybridized carbons (Fsp3) is 0.0952. The van der Waals surface area contributed by atoms with Crippen LogP contribution in [-0.4, -0.2) is 17.9 Å². The van der Waals surface area contributed by atoms with Gasteiger partial charge in [-0.05, 0) is 23.8 Å². The summed E-state index contributed by atoms with van der Waals surface area (Å²) in [6.07, 6.45) is 0. The average Bonchev–Trinajstić information content (AvgIpc) is 2.72. The lowest BCUT2D eigenvalue weighted by Gasteiger charge is -2.12. The second kappa shape index (κ2) is 9.05. The first-order valence-corrected chi connectivity index (χ1v) is 9.46. The Morgan fingerprint density at radius 3 is 2.32 bits per heavy atom. The van der Waals surface area contributed by atoms with E-state index in [1.54, 1.807) is 30.3 Å². The van der Waals surface area contributed by atoms with E-state index in [1.165, 1.54) is 24.9 Å². The van der Waals surface area contributed by atoms with Crippen LogP contribution in [-0.2, 0) is 5.75 Å². The van der Waals surface area contributed by atoms with Gasteiger partial charge in [-0.25, -0.2) is 0 Å². The molecule has 1 amide bonds. The van der Waals surface area contributed by atoms with Crippen LogP contribution < -0.4 is 10.1 Å². The summed E-state index contributed by atoms with van der Waals surface area (Å²) in [5.74, 6) is 0.226. The predicted octanol–water partition coefficient (Wildman–Crippen LogP) is 5.15. The number of carbonyl (C=O) groups is 1. The molecule has 3 rings (SSSR count). The van der Waals surface area contributed by atoms with E-state index in [2.05, 4.69) is 5.32 Å². The summed E-state index contributed by atoms with van der Waals surface area (Å²) >= 11 is 1.44. The van der Waals surface area contributed by atoms with Gasteiger partial charge in [-0.3, -0.25) is 14.9 Å². The standard InChI is InChI=1S/C21H18N2O4S/c1-27-19-13-17(28-14-15-8-4-2-5-9-15)12-18(23(25)26)20(19)21(24)22-16-10-6-3-7-11-16/h2-13H,14H2,1H3,(H,22,24). The zero-order valence-electron chi connectivity index (χ0n) is 15.1. The number of rotatable bonds is 7. The molecular weight excluding hydrogens is 376 g/mol. The molecule has 0 unspecified atom stereocenters. The molecule has 3 aromatic carbocycles. The molecule has 0 atom stereocenters. The lowest BCUT2D eigenvalue weighted by Crippen LogP contribution is -2.15. The van der Waals surface area contributed by atoms with E-state index >= 15 is 0 Å². The molecule has 0 aromatic heterocycles. The highest BCUT2D eigenvalue weighted by Gasteiger charge is 2.27. The Bertz CT molecular complexity index is 978. The number of carbonyl (C=O) groups excluding carboxylic acids is 1. The van der Waals surface area contributed by atoms with Crippen molar-refractivity contribution in [1.82, 2.24) is 0 Å². The number of ether oxygens (including phenoxy) is 1. The Morgan fingerprint density at radius 2 is 1.71 bits per heavy atom. The van der Waals surface area contributed by atoms with Gasteiger partial charge in [0.1, 0.15) is 5.75 Å². The lowest BCUT2D eigenvalue weighted by molar-refractivity contribution is -0.385. The number of anilines is 1. The number of hydrogen-bond acceptors (Lipinski definition) is 5. The third-order valence-electron chi connectivity index (χ3n) is 3.98. The number of hydrogen-bond donors (Lipinski definition) is 1. The van der Waals surface area contributed by atoms with Gasteiger partial charge in [0.2, 0.25) is 0 Å². The van der Waals surface area contributed by atoms with Crippen LogP contribution >= 0.6 is 11.8 Å². The summed E-state index contributed by atoms with van der Waals surface area (Å²) in [4.78, 5) is 24.4. The maximum Gasteiger partial charge on any atom is 0.287 e. The summed E-state index contributed by atoms with van der Waals surface area (Å²) in [5.41, 5.74) is 1.26. The fourth-order valence-corrected chi connectivity index (χ4v) is 3.56. The molecule has 6 nitrogen and oxygen atoms in total. The Morgan fingerprint density at radius 1 is 1.07 bits per heavy atom. The molecule has 1 N–H and O–H groups in total. The molecule has 0 saturated carbocycles. The minimum atomic E-state index is -0.589. The number of thioether (sulfide) groups is 1. The molecule has 3 aromatic rings. The molecule has 142 valence electrons. The molecular formula is C21H18N2O4S. The van der Waals surface area contributed by atoms with Gasteiger partial charge in [-0.2, -0.15) is 0 Å². The second-order valence-corrected chi connectivity index (χ2v) is 6.92. The highest BCUT2D eigenvalue weighted by molar-refractivity contribution is 7.98. The van der Waals surface area contributed by atoms with Crippen molar-refractivity contribution in [3.05, 3.63) is 94.0 Å². The zero-order valence-corrected chi connectivity index (χ0v) is 15.9. The number of benzene rings is 3. The third-order valence-corrected chi connectivity index (χ3v) is 5.03. The van der Waals surface area contributed by atoms with Crippen LogP contribution in [0.25, 0.3) is 0 Å². The van der Waals surface area contributed by atoms with Crippen molar-refractivity contribution in [2.24, 2.45) is 0 Å². The Hall–Kier alpha value is -3.32. The Balaban J connectivity index is 1.91. The van der Waals surface area contributed by atoms with E-state index in [4.69, 9.17) is 4.74 Å². The summed E-state index contributed by atoms with van der Waals surface area (Å²) in [6, 6.07) is 21.6. The Labute approximate surface area is 166 Å². The maximum absolute atomic E-state index is 12.7. The van der Waals surface area contributed by atoms with E-state index in [1.807, 2.05) is 36.4 Å². The van der Waals surface area contributed by atoms with Crippen molar-refractivity contribution in [2.75, 3.05) is 12.4 Å². The normalized spacial score (nSPS) is 10.3. The molecule has 28 heavy (non-hydrogen) atoms. The average molecular weight is 394 g/mol. The van der Waals surface area contributed by atoms with Crippen molar-refractivity contribution in [3.63, 3.8) is 0 Å². The number of nitrogens with one attached hydrogen (secondary N) is 1. The van der Waals surface area contributed by atoms with Gasteiger partial charge in [0, 0.05) is 22.4 Å². The highest BCUT2D eigenvalue weighted by atomic mass is 32.2. The molecule has 0 aliphatic carbocycles. The maximum atomic E-state index is 12.7. The summed E-state index contributed by atoms with van der Waals surface area (Å²) in [7, 11) is 1.39. The van der Waals surface area contributed by atoms with Crippen molar-refractivity contribution in [1.29, 1.82) is 0 Å². The van der Waals surface area contributed by atoms with Gasteiger partial charge in [0.15, 0.2) is 5.56 Å². The quantitative estimate of drug-likeness (QED) is 0.340. The van der Waals surface area contributed by atoms with Crippen LogP contribution in [0.4, 0.5) is 11.4 Å². The molecule has 0 aliphatic heterocycles. The first kappa shape index (κ1) is 19.4. The number of nitrogens with zero attached hydrogens (tertiary/aromatic N) is 1. The smallest absolute Gasteiger partial charge is 0.287 e. The van der Waals surface area contributed by atoms with E-state index in [-0.39, 0.29) is 17.0 Å². The van der Waals surface area contributed by atoms with Gasteiger partial charge in [-0.1, -0.05) is 48.5 Å². The molecule has 7 heteroatoms. The van der Waals surface area contributed by atoms with Crippen LogP contribution in [0.3, 0.4) is 0 Å². The lowest BCUT2D eigenvalue weighted by atomic mass is 10.1. The van der Waals surface area contributed by atoms with Crippen molar-refractivity contribution in [2.45, 2.75) is 10.6 Å². The summed E-state index contributed by atoms with van der Waals surface area (Å²) < 4.78 is 5.31. The van der Waals surface area contributed by atoms with Gasteiger partial charge < -0.3 is 10.1 Å². The first-order chi connectivity index (χ1) is 13.6. The number of methoxy groups -OCH3 is 1. The first-order valence-electron chi connectivity index (χ1n) is 8.48. The van der Waals surface area contributed by atoms with Crippen LogP contribution in [0.2, 0.25) is 0 Å². The molecule has 0 fully saturated rings. The van der Waals surface area contributed by atoms with Gasteiger partial charge in [0.05, 0.1) is 12.0 Å². The van der Waals surface area contributed by atoms with Gasteiger partial charge >= 0.3 is 0 Å². The van der Waals surface area contributed by atoms with Crippen molar-refractivity contribution in [3.8, 4) is 5.75 Å². The monoisotopic (exact) mass is 394 g/mol. The van der Waals surface area contributed by atoms with Crippen LogP contribution in [0, 0.1) is 10.1 Å². The van der Waals surface area contributed by atoms with Gasteiger partial charge in [0.25, 0.3) is 11.6 Å². The predicted molar refractivity (Wildman–Crippen MR) is 110 cm³/mol. The Kier molecular flexibility index (Phi) is 6.29. The summed E-state index contributed by atoms with van der Waals surface area (Å²) in [5, 5.41) is 14.3. The van der Waals surface area contributed by atoms with E-state index < -0.39 is 10.8 Å². The number of nitro benzene ring substituents is 1. The zero-order chi connectivity index (χ0) is 19.9. The van der Waals surface area contributed by atoms with E-state index in [0.29, 0.717) is 16.3 Å². The third kappa shape index (κ3) is 4.69. The molecule has 0 spiro atoms. The molecule has 0 radical (unpaired) electrons. The summed E-state index contributed by atoms with van der Waals surface area (Å²) in [6.45, 7) is 0. The molecule has 0 heterocycles. The van der Waals surface area contributed by atoms with Crippen LogP contribution in [0.1, 0.15) is 15.9 Å². The molecule has 0 saturated heterocycles. The fourth-order valence-electron chi connectivity index (χ4n) is 2.65. The topological polar surface area (TPSA) is 81.5 Å². The second-order valence-electron chi connectivity index (χ2n) is 5.87.